The molecule has 2 aliphatic carbocycles. The van der Waals surface area contributed by atoms with Crippen LogP contribution in [0.15, 0.2) is 11.1 Å². The van der Waals surface area contributed by atoms with Crippen molar-refractivity contribution < 1.29 is 19.1 Å². The van der Waals surface area contributed by atoms with E-state index in [1.165, 1.54) is 6.42 Å². The summed E-state index contributed by atoms with van der Waals surface area (Å²) in [7, 11) is 0. The SMILES string of the molecule is CCCCOC(=O)C(=C(C(=O)OCCCC)C1CCCC1)C1CCCCC1. The van der Waals surface area contributed by atoms with Crippen molar-refractivity contribution in [2.45, 2.75) is 97.3 Å². The van der Waals surface area contributed by atoms with Crippen LogP contribution in [0, 0.1) is 11.8 Å². The Bertz CT molecular complexity index is 497. The molecule has 154 valence electrons. The molecule has 0 saturated heterocycles. The summed E-state index contributed by atoms with van der Waals surface area (Å²) in [6, 6.07) is 0. The molecule has 0 aliphatic heterocycles. The Balaban J connectivity index is 2.31. The molecule has 2 aliphatic rings. The van der Waals surface area contributed by atoms with Crippen molar-refractivity contribution in [2.24, 2.45) is 11.8 Å². The van der Waals surface area contributed by atoms with Gasteiger partial charge in [0.25, 0.3) is 0 Å². The molecule has 0 heterocycles. The fourth-order valence-electron chi connectivity index (χ4n) is 4.37. The lowest BCUT2D eigenvalue weighted by atomic mass is 9.79. The predicted molar refractivity (Wildman–Crippen MR) is 107 cm³/mol. The van der Waals surface area contributed by atoms with Crippen LogP contribution in [0.1, 0.15) is 97.3 Å². The van der Waals surface area contributed by atoms with Gasteiger partial charge in [-0.15, -0.1) is 0 Å². The van der Waals surface area contributed by atoms with Crippen LogP contribution < -0.4 is 0 Å². The Hall–Kier alpha value is -1.32. The number of rotatable bonds is 10. The highest BCUT2D eigenvalue weighted by Crippen LogP contribution is 2.39. The molecule has 0 radical (unpaired) electrons. The topological polar surface area (TPSA) is 52.6 Å². The number of carbonyl (C=O) groups excluding carboxylic acids is 2. The summed E-state index contributed by atoms with van der Waals surface area (Å²) in [6.45, 7) is 5.05. The third-order valence-electron chi connectivity index (χ3n) is 5.97. The first-order valence-corrected chi connectivity index (χ1v) is 11.3. The van der Waals surface area contributed by atoms with Crippen LogP contribution in [0.5, 0.6) is 0 Å². The van der Waals surface area contributed by atoms with Gasteiger partial charge in [0.2, 0.25) is 0 Å². The molecule has 0 bridgehead atoms. The maximum Gasteiger partial charge on any atom is 0.334 e. The van der Waals surface area contributed by atoms with Crippen LogP contribution in [0.3, 0.4) is 0 Å². The molecular formula is C23H38O4. The lowest BCUT2D eigenvalue weighted by Crippen LogP contribution is -2.27. The first-order valence-electron chi connectivity index (χ1n) is 11.3. The van der Waals surface area contributed by atoms with E-state index in [0.29, 0.717) is 24.4 Å². The maximum absolute atomic E-state index is 13.1. The molecule has 27 heavy (non-hydrogen) atoms. The fourth-order valence-corrected chi connectivity index (χ4v) is 4.37. The van der Waals surface area contributed by atoms with E-state index < -0.39 is 0 Å². The molecule has 0 aromatic rings. The van der Waals surface area contributed by atoms with Crippen LogP contribution in [0.25, 0.3) is 0 Å². The standard InChI is InChI=1S/C23H38O4/c1-3-5-16-26-22(24)20(18-12-8-7-9-13-18)21(19-14-10-11-15-19)23(25)27-17-6-4-2/h18-19H,3-17H2,1-2H3. The molecule has 2 saturated carbocycles. The van der Waals surface area contributed by atoms with Crippen molar-refractivity contribution >= 4 is 11.9 Å². The second-order valence-electron chi connectivity index (χ2n) is 8.12. The van der Waals surface area contributed by atoms with Crippen molar-refractivity contribution in [1.82, 2.24) is 0 Å². The maximum atomic E-state index is 13.1. The van der Waals surface area contributed by atoms with Gasteiger partial charge in [-0.25, -0.2) is 9.59 Å². The smallest absolute Gasteiger partial charge is 0.334 e. The van der Waals surface area contributed by atoms with E-state index in [1.54, 1.807) is 0 Å². The fraction of sp³-hybridized carbons (Fsp3) is 0.826. The molecule has 2 fully saturated rings. The summed E-state index contributed by atoms with van der Waals surface area (Å²) in [5.41, 5.74) is 1.33. The van der Waals surface area contributed by atoms with Gasteiger partial charge in [0.05, 0.1) is 24.4 Å². The third kappa shape index (κ3) is 6.65. The van der Waals surface area contributed by atoms with Gasteiger partial charge in [-0.1, -0.05) is 58.8 Å². The van der Waals surface area contributed by atoms with Gasteiger partial charge in [-0.2, -0.15) is 0 Å². The van der Waals surface area contributed by atoms with E-state index >= 15 is 0 Å². The zero-order chi connectivity index (χ0) is 19.5. The average molecular weight is 379 g/mol. The molecular weight excluding hydrogens is 340 g/mol. The second kappa shape index (κ2) is 12.2. The number of unbranched alkanes of at least 4 members (excludes halogenated alkanes) is 2. The summed E-state index contributed by atoms with van der Waals surface area (Å²) in [5, 5.41) is 0. The van der Waals surface area contributed by atoms with Gasteiger partial charge in [0.1, 0.15) is 0 Å². The zero-order valence-electron chi connectivity index (χ0n) is 17.4. The van der Waals surface area contributed by atoms with E-state index in [9.17, 15) is 9.59 Å². The predicted octanol–water partition coefficient (Wildman–Crippen LogP) is 5.74. The summed E-state index contributed by atoms with van der Waals surface area (Å²) in [4.78, 5) is 26.1. The van der Waals surface area contributed by atoms with Gasteiger partial charge in [-0.3, -0.25) is 0 Å². The molecule has 0 aromatic heterocycles. The largest absolute Gasteiger partial charge is 0.462 e. The van der Waals surface area contributed by atoms with Gasteiger partial charge in [0.15, 0.2) is 0 Å². The van der Waals surface area contributed by atoms with Gasteiger partial charge < -0.3 is 9.47 Å². The van der Waals surface area contributed by atoms with E-state index in [4.69, 9.17) is 9.47 Å². The Morgan fingerprint density at radius 2 is 1.04 bits per heavy atom. The highest BCUT2D eigenvalue weighted by molar-refractivity contribution is 6.01. The van der Waals surface area contributed by atoms with Crippen LogP contribution >= 0.6 is 0 Å². The first-order chi connectivity index (χ1) is 13.2. The van der Waals surface area contributed by atoms with Crippen LogP contribution in [0.4, 0.5) is 0 Å². The minimum absolute atomic E-state index is 0.155. The number of ether oxygens (including phenoxy) is 2. The summed E-state index contributed by atoms with van der Waals surface area (Å²) in [6.07, 6.45) is 13.4. The zero-order valence-corrected chi connectivity index (χ0v) is 17.4. The van der Waals surface area contributed by atoms with Gasteiger partial charge >= 0.3 is 11.9 Å². The molecule has 2 rings (SSSR count). The van der Waals surface area contributed by atoms with Crippen LogP contribution in [-0.2, 0) is 19.1 Å². The molecule has 4 heteroatoms. The van der Waals surface area contributed by atoms with Crippen LogP contribution in [0.2, 0.25) is 0 Å². The third-order valence-corrected chi connectivity index (χ3v) is 5.97. The molecule has 0 spiro atoms. The Morgan fingerprint density at radius 3 is 1.41 bits per heavy atom. The molecule has 0 aromatic carbocycles. The van der Waals surface area contributed by atoms with E-state index in [1.807, 2.05) is 0 Å². The minimum atomic E-state index is -0.261. The normalized spacial score (nSPS) is 19.6. The summed E-state index contributed by atoms with van der Waals surface area (Å²) in [5.74, 6) is -0.204. The molecule has 0 N–H and O–H groups in total. The lowest BCUT2D eigenvalue weighted by molar-refractivity contribution is -0.143. The Labute approximate surface area is 165 Å². The van der Waals surface area contributed by atoms with Crippen molar-refractivity contribution in [1.29, 1.82) is 0 Å². The lowest BCUT2D eigenvalue weighted by Gasteiger charge is -2.27. The van der Waals surface area contributed by atoms with Crippen LogP contribution in [-0.4, -0.2) is 25.2 Å². The average Bonchev–Trinajstić information content (AvgIpc) is 3.21. The van der Waals surface area contributed by atoms with E-state index in [2.05, 4.69) is 13.8 Å². The summed E-state index contributed by atoms with van der Waals surface area (Å²) < 4.78 is 11.2. The number of esters is 2. The monoisotopic (exact) mass is 378 g/mol. The van der Waals surface area contributed by atoms with E-state index in [0.717, 1.165) is 77.0 Å². The highest BCUT2D eigenvalue weighted by Gasteiger charge is 2.36. The van der Waals surface area contributed by atoms with Crippen molar-refractivity contribution in [3.05, 3.63) is 11.1 Å². The molecule has 4 nitrogen and oxygen atoms in total. The van der Waals surface area contributed by atoms with Crippen molar-refractivity contribution in [3.8, 4) is 0 Å². The number of hydrogen-bond donors (Lipinski definition) is 0. The molecule has 0 unspecified atom stereocenters. The Kier molecular flexibility index (Phi) is 9.93. The second-order valence-corrected chi connectivity index (χ2v) is 8.12. The van der Waals surface area contributed by atoms with Gasteiger partial charge in [0, 0.05) is 0 Å². The summed E-state index contributed by atoms with van der Waals surface area (Å²) >= 11 is 0. The van der Waals surface area contributed by atoms with Crippen molar-refractivity contribution in [2.75, 3.05) is 13.2 Å². The minimum Gasteiger partial charge on any atom is -0.462 e. The van der Waals surface area contributed by atoms with Crippen molar-refractivity contribution in [3.63, 3.8) is 0 Å². The first kappa shape index (κ1) is 22.0. The van der Waals surface area contributed by atoms with E-state index in [-0.39, 0.29) is 23.8 Å². The highest BCUT2D eigenvalue weighted by atomic mass is 16.5. The molecule has 0 atom stereocenters. The van der Waals surface area contributed by atoms with Gasteiger partial charge in [-0.05, 0) is 50.4 Å². The Morgan fingerprint density at radius 1 is 0.667 bits per heavy atom. The molecule has 0 amide bonds. The quantitative estimate of drug-likeness (QED) is 0.276. The number of carbonyl (C=O) groups is 2. The number of hydrogen-bond acceptors (Lipinski definition) is 4.